The van der Waals surface area contributed by atoms with Gasteiger partial charge in [0.05, 0.1) is 11.4 Å². The smallest absolute Gasteiger partial charge is 0.243 e. The van der Waals surface area contributed by atoms with Crippen LogP contribution in [-0.4, -0.2) is 6.71 Å². The van der Waals surface area contributed by atoms with Gasteiger partial charge in [-0.05, 0) is 131 Å². The van der Waals surface area contributed by atoms with Gasteiger partial charge >= 0.3 is 0 Å². The summed E-state index contributed by atoms with van der Waals surface area (Å²) < 4.78 is 0. The highest BCUT2D eigenvalue weighted by Crippen LogP contribution is 2.50. The molecule has 66 heavy (non-hydrogen) atoms. The minimum atomic E-state index is -0.157. The predicted octanol–water partition coefficient (Wildman–Crippen LogP) is 15.8. The fourth-order valence-corrected chi connectivity index (χ4v) is 11.7. The first kappa shape index (κ1) is 43.3. The van der Waals surface area contributed by atoms with Crippen LogP contribution in [-0.2, 0) is 10.8 Å². The zero-order valence-corrected chi connectivity index (χ0v) is 41.0. The molecule has 0 spiro atoms. The zero-order chi connectivity index (χ0) is 46.4. The first-order valence-corrected chi connectivity index (χ1v) is 23.9. The van der Waals surface area contributed by atoms with Crippen LogP contribution < -0.4 is 21.3 Å². The number of anilines is 3. The van der Waals surface area contributed by atoms with E-state index in [4.69, 9.17) is 0 Å². The van der Waals surface area contributed by atoms with E-state index in [2.05, 4.69) is 246 Å². The average molecular weight is 856 g/mol. The van der Waals surface area contributed by atoms with Gasteiger partial charge in [-0.25, -0.2) is 0 Å². The Morgan fingerprint density at radius 2 is 0.879 bits per heavy atom. The molecule has 10 aromatic carbocycles. The van der Waals surface area contributed by atoms with Gasteiger partial charge in [0.25, 0.3) is 0 Å². The average Bonchev–Trinajstić information content (AvgIpc) is 3.27. The van der Waals surface area contributed by atoms with Crippen LogP contribution in [0.4, 0.5) is 17.1 Å². The molecule has 0 heterocycles. The molecule has 2 heteroatoms. The SMILES string of the molecule is Cc1cc(C)c(B(c2c(C)cc(C)cc2C)c2cc(C(C)(C)C)c3ccc4c(N(c5ccc6ccccc6c5)c5ccccc5-c5ccccc5)cc(C(C)(C)C)c5ccc2c3c45)c(C)c1. The second-order valence-electron chi connectivity index (χ2n) is 21.3. The highest BCUT2D eigenvalue weighted by Gasteiger charge is 2.34. The molecule has 0 atom stereocenters. The summed E-state index contributed by atoms with van der Waals surface area (Å²) >= 11 is 0. The molecule has 0 N–H and O–H groups in total. The summed E-state index contributed by atoms with van der Waals surface area (Å²) in [4.78, 5) is 2.56. The Labute approximate surface area is 393 Å². The highest BCUT2D eigenvalue weighted by molar-refractivity contribution is 6.98. The molecule has 326 valence electrons. The molecule has 0 aliphatic carbocycles. The molecule has 0 aliphatic heterocycles. The summed E-state index contributed by atoms with van der Waals surface area (Å²) in [7, 11) is 0. The minimum absolute atomic E-state index is 0.0327. The molecule has 0 bridgehead atoms. The van der Waals surface area contributed by atoms with E-state index in [9.17, 15) is 0 Å². The van der Waals surface area contributed by atoms with Crippen molar-refractivity contribution in [1.29, 1.82) is 0 Å². The molecule has 0 amide bonds. The van der Waals surface area contributed by atoms with Crippen molar-refractivity contribution in [3.63, 3.8) is 0 Å². The largest absolute Gasteiger partial charge is 0.309 e. The van der Waals surface area contributed by atoms with Crippen LogP contribution in [0.25, 0.3) is 54.2 Å². The van der Waals surface area contributed by atoms with Crippen molar-refractivity contribution in [3.05, 3.63) is 202 Å². The number of benzene rings is 10. The second-order valence-corrected chi connectivity index (χ2v) is 21.3. The van der Waals surface area contributed by atoms with Gasteiger partial charge in [-0.1, -0.05) is 225 Å². The highest BCUT2D eigenvalue weighted by atomic mass is 15.1. The van der Waals surface area contributed by atoms with E-state index in [1.807, 2.05) is 0 Å². The summed E-state index contributed by atoms with van der Waals surface area (Å²) in [5.74, 6) is 0. The molecule has 0 unspecified atom stereocenters. The van der Waals surface area contributed by atoms with Crippen LogP contribution in [0, 0.1) is 41.5 Å². The second kappa shape index (κ2) is 16.1. The number of fused-ring (bicyclic) bond motifs is 1. The number of hydrogen-bond acceptors (Lipinski definition) is 1. The van der Waals surface area contributed by atoms with Crippen molar-refractivity contribution >= 4 is 83.3 Å². The van der Waals surface area contributed by atoms with Crippen molar-refractivity contribution < 1.29 is 0 Å². The van der Waals surface area contributed by atoms with E-state index in [0.29, 0.717) is 0 Å². The van der Waals surface area contributed by atoms with Crippen molar-refractivity contribution in [2.75, 3.05) is 4.90 Å². The molecular formula is C64H62BN. The number of aryl methyl sites for hydroxylation is 6. The fraction of sp³-hybridized carbons (Fsp3) is 0.219. The lowest BCUT2D eigenvalue weighted by atomic mass is 9.33. The predicted molar refractivity (Wildman–Crippen MR) is 291 cm³/mol. The van der Waals surface area contributed by atoms with Crippen LogP contribution in [0.15, 0.2) is 158 Å². The van der Waals surface area contributed by atoms with Crippen LogP contribution in [0.1, 0.15) is 86.1 Å². The summed E-state index contributed by atoms with van der Waals surface area (Å²) in [6, 6.07) is 60.1. The number of nitrogens with zero attached hydrogens (tertiary/aromatic N) is 1. The van der Waals surface area contributed by atoms with Crippen molar-refractivity contribution in [2.24, 2.45) is 0 Å². The molecule has 10 aromatic rings. The van der Waals surface area contributed by atoms with Gasteiger partial charge in [0.15, 0.2) is 0 Å². The molecule has 0 saturated heterocycles. The molecule has 1 nitrogen and oxygen atoms in total. The van der Waals surface area contributed by atoms with Gasteiger partial charge in [-0.2, -0.15) is 0 Å². The third-order valence-electron chi connectivity index (χ3n) is 14.4. The third kappa shape index (κ3) is 7.27. The van der Waals surface area contributed by atoms with Gasteiger partial charge in [0, 0.05) is 16.6 Å². The quantitative estimate of drug-likeness (QED) is 0.114. The van der Waals surface area contributed by atoms with Crippen LogP contribution in [0.5, 0.6) is 0 Å². The molecule has 0 aromatic heterocycles. The Hall–Kier alpha value is -6.64. The van der Waals surface area contributed by atoms with E-state index in [-0.39, 0.29) is 17.5 Å². The van der Waals surface area contributed by atoms with E-state index in [0.717, 1.165) is 11.4 Å². The van der Waals surface area contributed by atoms with Gasteiger partial charge in [-0.3, -0.25) is 0 Å². The van der Waals surface area contributed by atoms with Crippen LogP contribution in [0.3, 0.4) is 0 Å². The van der Waals surface area contributed by atoms with E-state index < -0.39 is 0 Å². The fourth-order valence-electron chi connectivity index (χ4n) is 11.7. The summed E-state index contributed by atoms with van der Waals surface area (Å²) in [6.07, 6.45) is 0. The zero-order valence-electron chi connectivity index (χ0n) is 41.0. The Morgan fingerprint density at radius 1 is 0.394 bits per heavy atom. The maximum atomic E-state index is 2.60. The van der Waals surface area contributed by atoms with E-state index in [1.165, 1.54) is 121 Å². The lowest BCUT2D eigenvalue weighted by Crippen LogP contribution is -2.56. The maximum Gasteiger partial charge on any atom is 0.243 e. The Kier molecular flexibility index (Phi) is 10.5. The van der Waals surface area contributed by atoms with Gasteiger partial charge in [-0.15, -0.1) is 0 Å². The molecule has 10 rings (SSSR count). The first-order valence-electron chi connectivity index (χ1n) is 23.9. The van der Waals surface area contributed by atoms with Gasteiger partial charge in [0.2, 0.25) is 6.71 Å². The number of hydrogen-bond donors (Lipinski definition) is 0. The molecule has 0 saturated carbocycles. The summed E-state index contributed by atoms with van der Waals surface area (Å²) in [5.41, 5.74) is 20.5. The Balaban J connectivity index is 1.39. The summed E-state index contributed by atoms with van der Waals surface area (Å²) in [5, 5.41) is 10.4. The number of rotatable bonds is 7. The lowest BCUT2D eigenvalue weighted by molar-refractivity contribution is 0.595. The Bertz CT molecular complexity index is 3400. The van der Waals surface area contributed by atoms with Gasteiger partial charge in [0.1, 0.15) is 0 Å². The number of para-hydroxylation sites is 1. The van der Waals surface area contributed by atoms with Crippen LogP contribution >= 0.6 is 0 Å². The summed E-state index contributed by atoms with van der Waals surface area (Å²) in [6.45, 7) is 28.2. The topological polar surface area (TPSA) is 3.24 Å². The molecule has 0 fully saturated rings. The van der Waals surface area contributed by atoms with Gasteiger partial charge < -0.3 is 4.90 Å². The van der Waals surface area contributed by atoms with Crippen molar-refractivity contribution in [2.45, 2.75) is 93.9 Å². The molecule has 0 radical (unpaired) electrons. The van der Waals surface area contributed by atoms with Crippen LogP contribution in [0.2, 0.25) is 0 Å². The lowest BCUT2D eigenvalue weighted by Gasteiger charge is -2.34. The monoisotopic (exact) mass is 855 g/mol. The maximum absolute atomic E-state index is 2.60. The normalized spacial score (nSPS) is 12.2. The van der Waals surface area contributed by atoms with Crippen molar-refractivity contribution in [1.82, 2.24) is 0 Å². The standard InChI is InChI=1S/C64H62BN/c1-39-32-41(3)61(42(4)33-39)65(62-43(5)34-40(2)35-44(62)6)56-37-54(63(7,8)9)50-29-31-53-58(38-55(64(10,11)12)51-28-30-52(56)59(50)60(51)53)66(48-27-26-45-20-16-17-23-47(45)36-48)57-25-19-18-24-49(57)46-21-14-13-15-22-46/h13-38H,1-12H3. The third-order valence-corrected chi connectivity index (χ3v) is 14.4. The minimum Gasteiger partial charge on any atom is -0.309 e. The Morgan fingerprint density at radius 3 is 1.47 bits per heavy atom. The van der Waals surface area contributed by atoms with E-state index in [1.54, 1.807) is 0 Å². The van der Waals surface area contributed by atoms with Crippen molar-refractivity contribution in [3.8, 4) is 11.1 Å². The van der Waals surface area contributed by atoms with E-state index >= 15 is 0 Å². The molecular weight excluding hydrogens is 794 g/mol. The molecule has 0 aliphatic rings. The first-order chi connectivity index (χ1) is 31.5.